The molecule has 2 unspecified atom stereocenters. The Labute approximate surface area is 156 Å². The summed E-state index contributed by atoms with van der Waals surface area (Å²) >= 11 is 5.85. The molecule has 0 aliphatic heterocycles. The molecule has 0 spiro atoms. The number of fused-ring (bicyclic) bond motifs is 1. The standard InChI is InChI=1S/C20H17ClN4O/c1-12-7-13(8-14-3-2-6-22-19(12)14)10-24-25-20(26)17-9-16(17)18-5-4-15(21)11-23-18/h2-8,10-11,16-17H,9H2,1H3,(H,25,26)/b24-10+. The summed E-state index contributed by atoms with van der Waals surface area (Å²) in [6.45, 7) is 2.01. The van der Waals surface area contributed by atoms with E-state index in [1.807, 2.05) is 37.3 Å². The second-order valence-electron chi connectivity index (χ2n) is 6.50. The summed E-state index contributed by atoms with van der Waals surface area (Å²) in [6, 6.07) is 11.6. The maximum atomic E-state index is 12.2. The first kappa shape index (κ1) is 16.7. The van der Waals surface area contributed by atoms with Crippen molar-refractivity contribution in [3.63, 3.8) is 0 Å². The summed E-state index contributed by atoms with van der Waals surface area (Å²) in [7, 11) is 0. The second kappa shape index (κ2) is 6.84. The second-order valence-corrected chi connectivity index (χ2v) is 6.93. The first-order chi connectivity index (χ1) is 12.6. The third-order valence-corrected chi connectivity index (χ3v) is 4.79. The molecule has 1 aromatic carbocycles. The van der Waals surface area contributed by atoms with Gasteiger partial charge in [0.25, 0.3) is 0 Å². The maximum absolute atomic E-state index is 12.2. The number of pyridine rings is 2. The largest absolute Gasteiger partial charge is 0.273 e. The van der Waals surface area contributed by atoms with Gasteiger partial charge in [0.15, 0.2) is 0 Å². The Hall–Kier alpha value is -2.79. The molecule has 3 aromatic rings. The Balaban J connectivity index is 1.40. The van der Waals surface area contributed by atoms with Gasteiger partial charge in [-0.3, -0.25) is 14.8 Å². The molecule has 1 aliphatic carbocycles. The smallest absolute Gasteiger partial charge is 0.243 e. The first-order valence-corrected chi connectivity index (χ1v) is 8.79. The highest BCUT2D eigenvalue weighted by Gasteiger charge is 2.44. The van der Waals surface area contributed by atoms with Crippen LogP contribution in [-0.2, 0) is 4.79 Å². The molecule has 6 heteroatoms. The number of hydrogen-bond acceptors (Lipinski definition) is 4. The predicted octanol–water partition coefficient (Wildman–Crippen LogP) is 3.85. The van der Waals surface area contributed by atoms with Gasteiger partial charge in [0.2, 0.25) is 5.91 Å². The fraction of sp³-hybridized carbons (Fsp3) is 0.200. The van der Waals surface area contributed by atoms with Gasteiger partial charge in [0.05, 0.1) is 16.8 Å². The fourth-order valence-corrected chi connectivity index (χ4v) is 3.26. The Bertz CT molecular complexity index is 1000. The monoisotopic (exact) mass is 364 g/mol. The fourth-order valence-electron chi connectivity index (χ4n) is 3.15. The number of amides is 1. The minimum absolute atomic E-state index is 0.0802. The van der Waals surface area contributed by atoms with Crippen LogP contribution in [0.5, 0.6) is 0 Å². The van der Waals surface area contributed by atoms with E-state index in [4.69, 9.17) is 11.6 Å². The number of carbonyl (C=O) groups excluding carboxylic acids is 1. The third-order valence-electron chi connectivity index (χ3n) is 4.56. The van der Waals surface area contributed by atoms with Crippen molar-refractivity contribution in [2.24, 2.45) is 11.0 Å². The zero-order chi connectivity index (χ0) is 18.1. The SMILES string of the molecule is Cc1cc(/C=N/NC(=O)C2CC2c2ccc(Cl)cn2)cc2cccnc12. The van der Waals surface area contributed by atoms with E-state index in [1.54, 1.807) is 24.7 Å². The molecular formula is C20H17ClN4O. The van der Waals surface area contributed by atoms with Crippen molar-refractivity contribution in [1.82, 2.24) is 15.4 Å². The summed E-state index contributed by atoms with van der Waals surface area (Å²) in [5.41, 5.74) is 6.51. The van der Waals surface area contributed by atoms with E-state index in [0.717, 1.165) is 34.1 Å². The Kier molecular flexibility index (Phi) is 4.39. The van der Waals surface area contributed by atoms with Gasteiger partial charge in [-0.15, -0.1) is 0 Å². The Morgan fingerprint density at radius 2 is 2.19 bits per heavy atom. The number of rotatable bonds is 4. The van der Waals surface area contributed by atoms with Crippen molar-refractivity contribution in [1.29, 1.82) is 0 Å². The molecule has 5 nitrogen and oxygen atoms in total. The first-order valence-electron chi connectivity index (χ1n) is 8.41. The molecule has 26 heavy (non-hydrogen) atoms. The summed E-state index contributed by atoms with van der Waals surface area (Å²) in [6.07, 6.45) is 5.84. The minimum Gasteiger partial charge on any atom is -0.273 e. The maximum Gasteiger partial charge on any atom is 0.243 e. The molecule has 0 radical (unpaired) electrons. The van der Waals surface area contributed by atoms with Crippen molar-refractivity contribution in [2.45, 2.75) is 19.3 Å². The van der Waals surface area contributed by atoms with E-state index in [1.165, 1.54) is 0 Å². The summed E-state index contributed by atoms with van der Waals surface area (Å²) in [5.74, 6) is -0.0120. The number of hydrazone groups is 1. The normalized spacial score (nSPS) is 19.0. The molecule has 0 saturated heterocycles. The van der Waals surface area contributed by atoms with Gasteiger partial charge < -0.3 is 0 Å². The van der Waals surface area contributed by atoms with Gasteiger partial charge >= 0.3 is 0 Å². The molecule has 1 saturated carbocycles. The van der Waals surface area contributed by atoms with Gasteiger partial charge in [0, 0.05) is 35.3 Å². The van der Waals surface area contributed by atoms with Crippen molar-refractivity contribution in [3.05, 3.63) is 70.6 Å². The topological polar surface area (TPSA) is 67.2 Å². The predicted molar refractivity (Wildman–Crippen MR) is 102 cm³/mol. The number of nitrogens with zero attached hydrogens (tertiary/aromatic N) is 3. The van der Waals surface area contributed by atoms with Crippen LogP contribution in [0.3, 0.4) is 0 Å². The van der Waals surface area contributed by atoms with Crippen LogP contribution in [0.25, 0.3) is 10.9 Å². The van der Waals surface area contributed by atoms with Gasteiger partial charge in [-0.25, -0.2) is 5.43 Å². The zero-order valence-electron chi connectivity index (χ0n) is 14.2. The van der Waals surface area contributed by atoms with Crippen LogP contribution in [0.15, 0.2) is 53.9 Å². The molecule has 1 aliphatic rings. The quantitative estimate of drug-likeness (QED) is 0.565. The van der Waals surface area contributed by atoms with Crippen molar-refractivity contribution >= 4 is 34.6 Å². The molecule has 2 aromatic heterocycles. The lowest BCUT2D eigenvalue weighted by molar-refractivity contribution is -0.122. The number of halogens is 1. The summed E-state index contributed by atoms with van der Waals surface area (Å²) in [5, 5.41) is 5.76. The van der Waals surface area contributed by atoms with E-state index >= 15 is 0 Å². The van der Waals surface area contributed by atoms with Crippen LogP contribution in [-0.4, -0.2) is 22.1 Å². The Morgan fingerprint density at radius 3 is 3.00 bits per heavy atom. The summed E-state index contributed by atoms with van der Waals surface area (Å²) in [4.78, 5) is 20.9. The molecule has 2 atom stereocenters. The molecule has 1 amide bonds. The van der Waals surface area contributed by atoms with E-state index in [2.05, 4.69) is 20.5 Å². The van der Waals surface area contributed by atoms with Gasteiger partial charge in [-0.1, -0.05) is 17.7 Å². The molecule has 1 N–H and O–H groups in total. The van der Waals surface area contributed by atoms with E-state index in [0.29, 0.717) is 5.02 Å². The van der Waals surface area contributed by atoms with Crippen molar-refractivity contribution < 1.29 is 4.79 Å². The van der Waals surface area contributed by atoms with Crippen LogP contribution in [0, 0.1) is 12.8 Å². The average molecular weight is 365 g/mol. The van der Waals surface area contributed by atoms with E-state index in [9.17, 15) is 4.79 Å². The van der Waals surface area contributed by atoms with Crippen LogP contribution in [0.4, 0.5) is 0 Å². The highest BCUT2D eigenvalue weighted by Crippen LogP contribution is 2.46. The summed E-state index contributed by atoms with van der Waals surface area (Å²) < 4.78 is 0. The molecule has 130 valence electrons. The van der Waals surface area contributed by atoms with E-state index < -0.39 is 0 Å². The Morgan fingerprint density at radius 1 is 1.31 bits per heavy atom. The molecule has 4 rings (SSSR count). The number of aromatic nitrogens is 2. The highest BCUT2D eigenvalue weighted by atomic mass is 35.5. The van der Waals surface area contributed by atoms with Crippen molar-refractivity contribution in [3.8, 4) is 0 Å². The molecule has 2 heterocycles. The number of hydrogen-bond donors (Lipinski definition) is 1. The number of carbonyl (C=O) groups is 1. The van der Waals surface area contributed by atoms with Crippen molar-refractivity contribution in [2.75, 3.05) is 0 Å². The number of nitrogens with one attached hydrogen (secondary N) is 1. The van der Waals surface area contributed by atoms with Crippen LogP contribution in [0.2, 0.25) is 5.02 Å². The third kappa shape index (κ3) is 3.44. The minimum atomic E-state index is -0.0813. The van der Waals surface area contributed by atoms with E-state index in [-0.39, 0.29) is 17.7 Å². The number of benzene rings is 1. The van der Waals surface area contributed by atoms with Crippen LogP contribution in [0.1, 0.15) is 29.2 Å². The highest BCUT2D eigenvalue weighted by molar-refractivity contribution is 6.30. The lowest BCUT2D eigenvalue weighted by Gasteiger charge is -2.03. The lowest BCUT2D eigenvalue weighted by Crippen LogP contribution is -2.20. The number of aryl methyl sites for hydroxylation is 1. The average Bonchev–Trinajstić information content (AvgIpc) is 3.43. The molecular weight excluding hydrogens is 348 g/mol. The molecule has 1 fully saturated rings. The van der Waals surface area contributed by atoms with Crippen LogP contribution < -0.4 is 5.43 Å². The lowest BCUT2D eigenvalue weighted by atomic mass is 10.1. The van der Waals surface area contributed by atoms with Crippen LogP contribution >= 0.6 is 11.6 Å². The zero-order valence-corrected chi connectivity index (χ0v) is 14.9. The van der Waals surface area contributed by atoms with Gasteiger partial charge in [-0.05, 0) is 54.8 Å². The van der Waals surface area contributed by atoms with Gasteiger partial charge in [0.1, 0.15) is 0 Å². The van der Waals surface area contributed by atoms with Gasteiger partial charge in [-0.2, -0.15) is 5.10 Å². The molecule has 0 bridgehead atoms.